The number of hydrogen-bond donors (Lipinski definition) is 3. The molecule has 0 aliphatic carbocycles. The van der Waals surface area contributed by atoms with Gasteiger partial charge in [0.05, 0.1) is 11.3 Å². The second kappa shape index (κ2) is 12.2. The van der Waals surface area contributed by atoms with Gasteiger partial charge in [0.15, 0.2) is 5.79 Å². The van der Waals surface area contributed by atoms with Crippen molar-refractivity contribution in [3.8, 4) is 0 Å². The Morgan fingerprint density at radius 2 is 1.77 bits per heavy atom. The summed E-state index contributed by atoms with van der Waals surface area (Å²) in [6, 6.07) is 6.97. The third kappa shape index (κ3) is 7.44. The molecule has 220 valence electrons. The van der Waals surface area contributed by atoms with Gasteiger partial charge >= 0.3 is 12.3 Å². The summed E-state index contributed by atoms with van der Waals surface area (Å²) in [4.78, 5) is 16.4. The summed E-state index contributed by atoms with van der Waals surface area (Å²) in [7, 11) is 1.63. The summed E-state index contributed by atoms with van der Waals surface area (Å²) in [5, 5.41) is 4.69. The summed E-state index contributed by atoms with van der Waals surface area (Å²) in [6.07, 6.45) is -4.47. The Morgan fingerprint density at radius 1 is 1.15 bits per heavy atom. The molecule has 0 bridgehead atoms. The largest absolute Gasteiger partial charge is 0.443 e. The van der Waals surface area contributed by atoms with Crippen molar-refractivity contribution >= 4 is 35.0 Å². The second-order valence-corrected chi connectivity index (χ2v) is 11.8. The van der Waals surface area contributed by atoms with Crippen molar-refractivity contribution in [3.05, 3.63) is 62.6 Å². The maximum atomic E-state index is 14.1. The van der Waals surface area contributed by atoms with E-state index in [0.29, 0.717) is 34.0 Å². The van der Waals surface area contributed by atoms with Crippen LogP contribution in [-0.2, 0) is 17.5 Å². The molecule has 0 aromatic heterocycles. The van der Waals surface area contributed by atoms with E-state index in [1.54, 1.807) is 52.9 Å². The summed E-state index contributed by atoms with van der Waals surface area (Å²) in [5.74, 6) is -1.34. The fourth-order valence-corrected chi connectivity index (χ4v) is 5.51. The number of benzene rings is 2. The van der Waals surface area contributed by atoms with E-state index < -0.39 is 35.3 Å². The van der Waals surface area contributed by atoms with Crippen molar-refractivity contribution in [1.82, 2.24) is 15.8 Å². The smallest absolute Gasteiger partial charge is 0.416 e. The molecule has 1 heterocycles. The van der Waals surface area contributed by atoms with E-state index in [2.05, 4.69) is 16.0 Å². The van der Waals surface area contributed by atoms with E-state index in [-0.39, 0.29) is 24.3 Å². The molecular formula is C27H35Cl2F3N6O2. The molecule has 0 spiro atoms. The average Bonchev–Trinajstić information content (AvgIpc) is 2.99. The van der Waals surface area contributed by atoms with Crippen LogP contribution >= 0.6 is 23.2 Å². The molecule has 2 aromatic carbocycles. The number of alkyl halides is 3. The van der Waals surface area contributed by atoms with Crippen LogP contribution in [0.2, 0.25) is 10.0 Å². The van der Waals surface area contributed by atoms with Gasteiger partial charge in [0, 0.05) is 29.2 Å². The molecule has 1 aliphatic rings. The molecule has 13 heteroatoms. The lowest BCUT2D eigenvalue weighted by Gasteiger charge is -2.43. The van der Waals surface area contributed by atoms with Gasteiger partial charge in [0.1, 0.15) is 5.60 Å². The number of aryl methyl sites for hydroxylation is 1. The van der Waals surface area contributed by atoms with Crippen molar-refractivity contribution < 1.29 is 22.7 Å². The fourth-order valence-electron chi connectivity index (χ4n) is 4.94. The van der Waals surface area contributed by atoms with E-state index in [4.69, 9.17) is 33.5 Å². The van der Waals surface area contributed by atoms with Crippen LogP contribution in [0.1, 0.15) is 68.8 Å². The quantitative estimate of drug-likeness (QED) is 0.170. The third-order valence-corrected chi connectivity index (χ3v) is 7.03. The molecule has 2 atom stereocenters. The van der Waals surface area contributed by atoms with Gasteiger partial charge in [-0.3, -0.25) is 15.2 Å². The zero-order valence-corrected chi connectivity index (χ0v) is 24.9. The van der Waals surface area contributed by atoms with Crippen LogP contribution in [0, 0.1) is 12.5 Å². The molecule has 40 heavy (non-hydrogen) atoms. The lowest BCUT2D eigenvalue weighted by molar-refractivity contribution is -0.138. The minimum atomic E-state index is -4.63. The number of fused-ring (bicyclic) bond motifs is 1. The first-order chi connectivity index (χ1) is 18.5. The summed E-state index contributed by atoms with van der Waals surface area (Å²) >= 11 is 12.5. The Balaban J connectivity index is 2.26. The van der Waals surface area contributed by atoms with E-state index in [9.17, 15) is 18.0 Å². The van der Waals surface area contributed by atoms with Crippen LogP contribution < -0.4 is 15.8 Å². The summed E-state index contributed by atoms with van der Waals surface area (Å²) in [5.41, 5.74) is 13.5. The first-order valence-corrected chi connectivity index (χ1v) is 13.5. The van der Waals surface area contributed by atoms with Gasteiger partial charge in [-0.2, -0.15) is 18.3 Å². The van der Waals surface area contributed by atoms with E-state index in [0.717, 1.165) is 6.07 Å². The summed E-state index contributed by atoms with van der Waals surface area (Å²) in [6.45, 7) is 8.50. The highest BCUT2D eigenvalue weighted by Gasteiger charge is 2.42. The predicted octanol–water partition coefficient (Wildman–Crippen LogP) is 7.83. The predicted molar refractivity (Wildman–Crippen MR) is 149 cm³/mol. The zero-order valence-electron chi connectivity index (χ0n) is 23.3. The molecule has 0 saturated carbocycles. The number of halogens is 5. The van der Waals surface area contributed by atoms with Crippen LogP contribution in [0.4, 0.5) is 23.7 Å². The lowest BCUT2D eigenvalue weighted by atomic mass is 9.93. The molecule has 0 saturated heterocycles. The zero-order chi connectivity index (χ0) is 30.0. The molecule has 1 amide bonds. The molecule has 8 nitrogen and oxygen atoms in total. The second-order valence-electron chi connectivity index (χ2n) is 10.9. The van der Waals surface area contributed by atoms with E-state index in [1.165, 1.54) is 17.9 Å². The minimum absolute atomic E-state index is 0.0131. The molecule has 3 N–H and O–H groups in total. The van der Waals surface area contributed by atoms with E-state index >= 15 is 0 Å². The molecule has 1 aliphatic heterocycles. The number of ether oxygens (including phenoxy) is 1. The van der Waals surface area contributed by atoms with Crippen molar-refractivity contribution in [3.63, 3.8) is 0 Å². The Hall–Kier alpha value is -2.44. The van der Waals surface area contributed by atoms with Crippen LogP contribution in [-0.4, -0.2) is 36.0 Å². The number of rotatable bonds is 7. The van der Waals surface area contributed by atoms with Crippen molar-refractivity contribution in [2.24, 2.45) is 5.11 Å². The fraction of sp³-hybridized carbons (Fsp3) is 0.519. The number of nitrogens with zero attached hydrogens (tertiary/aromatic N) is 3. The number of carbonyl (C=O) groups excluding carboxylic acids is 1. The number of carbonyl (C=O) groups is 1. The van der Waals surface area contributed by atoms with Gasteiger partial charge in [-0.05, 0) is 95.5 Å². The van der Waals surface area contributed by atoms with Crippen LogP contribution in [0.25, 0.3) is 0 Å². The number of hydrazine groups is 1. The molecule has 3 rings (SSSR count). The molecule has 2 aromatic rings. The van der Waals surface area contributed by atoms with Crippen LogP contribution in [0.3, 0.4) is 0 Å². The molecule has 0 fully saturated rings. The Morgan fingerprint density at radius 3 is 2.30 bits per heavy atom. The lowest BCUT2D eigenvalue weighted by Crippen LogP contribution is -2.59. The van der Waals surface area contributed by atoms with Gasteiger partial charge < -0.3 is 4.74 Å². The summed E-state index contributed by atoms with van der Waals surface area (Å²) < 4.78 is 47.7. The Kier molecular flexibility index (Phi) is 9.78. The van der Waals surface area contributed by atoms with Crippen molar-refractivity contribution in [2.45, 2.75) is 77.6 Å². The molecule has 0 radical (unpaired) electrons. The van der Waals surface area contributed by atoms with Crippen molar-refractivity contribution in [2.75, 3.05) is 18.5 Å². The first kappa shape index (κ1) is 32.1. The topological polar surface area (TPSA) is 93.0 Å². The number of nitrogens with one attached hydrogen (secondary N) is 3. The number of amides is 1. The highest BCUT2D eigenvalue weighted by atomic mass is 35.5. The van der Waals surface area contributed by atoms with Crippen LogP contribution in [0.5, 0.6) is 0 Å². The van der Waals surface area contributed by atoms with Crippen molar-refractivity contribution in [1.29, 1.82) is 5.53 Å². The Bertz CT molecular complexity index is 1230. The monoisotopic (exact) mass is 602 g/mol. The SMILES string of the molecule is CNNC(C)(N=N)N(Cc1cc(Cl)cc(Cl)c1)[C@H]1CCCN(C(=O)OC(C)(C)C)c2cc(C(F)(F)F)c(C)cc21. The van der Waals surface area contributed by atoms with Gasteiger partial charge in [-0.25, -0.2) is 15.8 Å². The average molecular weight is 604 g/mol. The van der Waals surface area contributed by atoms with Gasteiger partial charge in [-0.1, -0.05) is 29.3 Å². The Labute approximate surface area is 242 Å². The number of anilines is 1. The first-order valence-electron chi connectivity index (χ1n) is 12.8. The van der Waals surface area contributed by atoms with Crippen LogP contribution in [0.15, 0.2) is 35.4 Å². The van der Waals surface area contributed by atoms with Gasteiger partial charge in [0.2, 0.25) is 0 Å². The number of hydrogen-bond acceptors (Lipinski definition) is 7. The minimum Gasteiger partial charge on any atom is -0.443 e. The third-order valence-electron chi connectivity index (χ3n) is 6.59. The molecule has 1 unspecified atom stereocenters. The maximum absolute atomic E-state index is 14.1. The highest BCUT2D eigenvalue weighted by Crippen LogP contribution is 2.45. The highest BCUT2D eigenvalue weighted by molar-refractivity contribution is 6.34. The normalized spacial score (nSPS) is 17.7. The maximum Gasteiger partial charge on any atom is 0.416 e. The van der Waals surface area contributed by atoms with E-state index in [1.807, 2.05) is 4.90 Å². The molecular weight excluding hydrogens is 568 g/mol. The van der Waals surface area contributed by atoms with Gasteiger partial charge in [-0.15, -0.1) is 0 Å². The standard InChI is InChI=1S/C27H35Cl2F3N6O2/c1-16-10-20-22(38(26(5,35-33)36-34-6)15-17-11-18(28)13-19(29)12-17)8-7-9-37(24(39)40-25(2,3)4)23(20)14-21(16)27(30,31)32/h10-14,22,33-34,36H,7-9,15H2,1-6H3/t22-,26?/m0/s1. The van der Waals surface area contributed by atoms with Gasteiger partial charge in [0.25, 0.3) is 0 Å².